The van der Waals surface area contributed by atoms with Gasteiger partial charge in [0.25, 0.3) is 0 Å². The molecule has 0 aliphatic carbocycles. The summed E-state index contributed by atoms with van der Waals surface area (Å²) in [6.07, 6.45) is 0. The fourth-order valence-corrected chi connectivity index (χ4v) is 2.46. The number of carbonyl (C=O) groups is 1. The van der Waals surface area contributed by atoms with Gasteiger partial charge in [-0.05, 0) is 37.3 Å². The van der Waals surface area contributed by atoms with Crippen LogP contribution in [0.2, 0.25) is 0 Å². The Morgan fingerprint density at radius 1 is 1.27 bits per heavy atom. The maximum absolute atomic E-state index is 12.2. The third-order valence-electron chi connectivity index (χ3n) is 3.61. The topological polar surface area (TPSA) is 67.6 Å². The number of ether oxygens (including phenoxy) is 1. The molecule has 0 unspecified atom stereocenters. The summed E-state index contributed by atoms with van der Waals surface area (Å²) in [5.74, 6) is 0.711. The van der Waals surface area contributed by atoms with Gasteiger partial charge in [0, 0.05) is 11.4 Å². The minimum absolute atomic E-state index is 0.0564. The molecule has 0 atom stereocenters. The van der Waals surface area contributed by atoms with Gasteiger partial charge in [0.05, 0.1) is 18.8 Å². The Hall–Kier alpha value is -2.69. The largest absolute Gasteiger partial charge is 0.490 e. The van der Waals surface area contributed by atoms with Crippen LogP contribution in [-0.4, -0.2) is 25.6 Å². The van der Waals surface area contributed by atoms with Gasteiger partial charge in [0.1, 0.15) is 12.4 Å². The number of aryl methyl sites for hydroxylation is 1. The molecule has 0 spiro atoms. The summed E-state index contributed by atoms with van der Waals surface area (Å²) in [7, 11) is 0. The molecule has 5 heteroatoms. The van der Waals surface area contributed by atoms with Gasteiger partial charge >= 0.3 is 0 Å². The number of fused-ring (bicyclic) bond motifs is 1. The van der Waals surface area contributed by atoms with Crippen LogP contribution >= 0.6 is 0 Å². The van der Waals surface area contributed by atoms with Gasteiger partial charge in [0.2, 0.25) is 5.91 Å². The highest BCUT2D eigenvalue weighted by Crippen LogP contribution is 2.33. The van der Waals surface area contributed by atoms with Crippen molar-refractivity contribution in [2.45, 2.75) is 6.92 Å². The molecule has 2 aromatic rings. The van der Waals surface area contributed by atoms with Crippen LogP contribution in [-0.2, 0) is 4.79 Å². The van der Waals surface area contributed by atoms with Crippen molar-refractivity contribution < 1.29 is 9.53 Å². The van der Waals surface area contributed by atoms with Crippen molar-refractivity contribution in [3.63, 3.8) is 0 Å². The number of hydrogen-bond acceptors (Lipinski definition) is 4. The van der Waals surface area contributed by atoms with E-state index in [2.05, 4.69) is 5.32 Å². The third-order valence-corrected chi connectivity index (χ3v) is 3.61. The van der Waals surface area contributed by atoms with Gasteiger partial charge in [-0.15, -0.1) is 0 Å². The van der Waals surface area contributed by atoms with Crippen molar-refractivity contribution in [1.29, 1.82) is 0 Å². The number of carbonyl (C=O) groups excluding carboxylic acids is 1. The first kappa shape index (κ1) is 14.3. The predicted octanol–water partition coefficient (Wildman–Crippen LogP) is 2.41. The lowest BCUT2D eigenvalue weighted by atomic mass is 10.2. The molecule has 1 heterocycles. The first-order valence-corrected chi connectivity index (χ1v) is 7.25. The van der Waals surface area contributed by atoms with E-state index in [1.807, 2.05) is 48.2 Å². The summed E-state index contributed by atoms with van der Waals surface area (Å²) in [6.45, 7) is 3.51. The van der Waals surface area contributed by atoms with E-state index < -0.39 is 0 Å². The van der Waals surface area contributed by atoms with E-state index in [1.165, 1.54) is 0 Å². The number of amides is 1. The third kappa shape index (κ3) is 3.14. The highest BCUT2D eigenvalue weighted by molar-refractivity contribution is 5.94. The Morgan fingerprint density at radius 3 is 2.82 bits per heavy atom. The second kappa shape index (κ2) is 5.97. The number of benzene rings is 2. The summed E-state index contributed by atoms with van der Waals surface area (Å²) >= 11 is 0. The fraction of sp³-hybridized carbons (Fsp3) is 0.235. The maximum atomic E-state index is 12.2. The lowest BCUT2D eigenvalue weighted by Gasteiger charge is -2.30. The molecule has 1 aliphatic heterocycles. The minimum atomic E-state index is -0.0564. The average Bonchev–Trinajstić information content (AvgIpc) is 2.50. The van der Waals surface area contributed by atoms with E-state index in [0.717, 1.165) is 22.7 Å². The lowest BCUT2D eigenvalue weighted by Crippen LogP contribution is -2.38. The van der Waals surface area contributed by atoms with Crippen LogP contribution in [0.3, 0.4) is 0 Å². The van der Waals surface area contributed by atoms with Crippen LogP contribution in [0.4, 0.5) is 17.1 Å². The normalized spacial score (nSPS) is 13.2. The van der Waals surface area contributed by atoms with E-state index >= 15 is 0 Å². The number of nitrogens with one attached hydrogen (secondary N) is 1. The summed E-state index contributed by atoms with van der Waals surface area (Å²) in [4.78, 5) is 14.2. The summed E-state index contributed by atoms with van der Waals surface area (Å²) in [5.41, 5.74) is 9.32. The van der Waals surface area contributed by atoms with E-state index in [0.29, 0.717) is 18.8 Å². The molecule has 0 aromatic heterocycles. The van der Waals surface area contributed by atoms with E-state index in [1.54, 1.807) is 6.07 Å². The Labute approximate surface area is 129 Å². The number of anilines is 3. The lowest BCUT2D eigenvalue weighted by molar-refractivity contribution is -0.115. The second-order valence-electron chi connectivity index (χ2n) is 5.41. The molecular weight excluding hydrogens is 278 g/mol. The summed E-state index contributed by atoms with van der Waals surface area (Å²) in [6, 6.07) is 13.2. The van der Waals surface area contributed by atoms with E-state index in [-0.39, 0.29) is 12.5 Å². The Bertz CT molecular complexity index is 683. The second-order valence-corrected chi connectivity index (χ2v) is 5.41. The van der Waals surface area contributed by atoms with Gasteiger partial charge in [-0.1, -0.05) is 17.7 Å². The molecule has 3 rings (SSSR count). The van der Waals surface area contributed by atoms with Crippen LogP contribution < -0.4 is 20.7 Å². The van der Waals surface area contributed by atoms with Crippen LogP contribution in [0.5, 0.6) is 5.75 Å². The first-order chi connectivity index (χ1) is 10.6. The average molecular weight is 297 g/mol. The quantitative estimate of drug-likeness (QED) is 0.854. The van der Waals surface area contributed by atoms with Gasteiger partial charge in [-0.25, -0.2) is 0 Å². The van der Waals surface area contributed by atoms with Crippen LogP contribution in [0, 0.1) is 6.92 Å². The number of nitrogens with two attached hydrogens (primary N) is 1. The highest BCUT2D eigenvalue weighted by Gasteiger charge is 2.20. The molecule has 0 radical (unpaired) electrons. The van der Waals surface area contributed by atoms with Crippen molar-refractivity contribution in [2.24, 2.45) is 0 Å². The zero-order valence-corrected chi connectivity index (χ0v) is 12.5. The maximum Gasteiger partial charge on any atom is 0.243 e. The molecule has 3 N–H and O–H groups in total. The van der Waals surface area contributed by atoms with Crippen molar-refractivity contribution >= 4 is 23.0 Å². The summed E-state index contributed by atoms with van der Waals surface area (Å²) in [5, 5.41) is 2.91. The summed E-state index contributed by atoms with van der Waals surface area (Å²) < 4.78 is 5.59. The predicted molar refractivity (Wildman–Crippen MR) is 88.4 cm³/mol. The Morgan fingerprint density at radius 2 is 2.05 bits per heavy atom. The monoisotopic (exact) mass is 297 g/mol. The molecule has 0 saturated heterocycles. The molecule has 0 fully saturated rings. The SMILES string of the molecule is Cc1ccc(NC(=O)CN2CCOc3ccc(N)cc32)cc1. The Balaban J connectivity index is 1.70. The fourth-order valence-electron chi connectivity index (χ4n) is 2.46. The molecule has 5 nitrogen and oxygen atoms in total. The standard InChI is InChI=1S/C17H19N3O2/c1-12-2-5-14(6-3-12)19-17(21)11-20-8-9-22-16-7-4-13(18)10-15(16)20/h2-7,10H,8-9,11,18H2,1H3,(H,19,21). The molecule has 22 heavy (non-hydrogen) atoms. The zero-order chi connectivity index (χ0) is 15.5. The van der Waals surface area contributed by atoms with E-state index in [9.17, 15) is 4.79 Å². The van der Waals surface area contributed by atoms with Crippen LogP contribution in [0.1, 0.15) is 5.56 Å². The van der Waals surface area contributed by atoms with E-state index in [4.69, 9.17) is 10.5 Å². The zero-order valence-electron chi connectivity index (χ0n) is 12.5. The van der Waals surface area contributed by atoms with Gasteiger partial charge in [-0.3, -0.25) is 4.79 Å². The van der Waals surface area contributed by atoms with Crippen LogP contribution in [0.25, 0.3) is 0 Å². The number of rotatable bonds is 3. The number of hydrogen-bond donors (Lipinski definition) is 2. The molecule has 0 bridgehead atoms. The van der Waals surface area contributed by atoms with Crippen molar-refractivity contribution in [2.75, 3.05) is 35.6 Å². The molecule has 1 amide bonds. The molecule has 1 aliphatic rings. The highest BCUT2D eigenvalue weighted by atomic mass is 16.5. The minimum Gasteiger partial charge on any atom is -0.490 e. The smallest absolute Gasteiger partial charge is 0.243 e. The van der Waals surface area contributed by atoms with Crippen molar-refractivity contribution in [3.05, 3.63) is 48.0 Å². The van der Waals surface area contributed by atoms with Gasteiger partial charge in [-0.2, -0.15) is 0 Å². The first-order valence-electron chi connectivity index (χ1n) is 7.25. The van der Waals surface area contributed by atoms with Crippen molar-refractivity contribution in [3.8, 4) is 5.75 Å². The van der Waals surface area contributed by atoms with Gasteiger partial charge < -0.3 is 20.7 Å². The molecular formula is C17H19N3O2. The van der Waals surface area contributed by atoms with Gasteiger partial charge in [0.15, 0.2) is 0 Å². The molecule has 0 saturated carbocycles. The molecule has 2 aromatic carbocycles. The molecule has 114 valence electrons. The number of nitrogens with zero attached hydrogens (tertiary/aromatic N) is 1. The van der Waals surface area contributed by atoms with Crippen molar-refractivity contribution in [1.82, 2.24) is 0 Å². The Kier molecular flexibility index (Phi) is 3.87. The number of nitrogen functional groups attached to an aromatic ring is 1. The van der Waals surface area contributed by atoms with Crippen LogP contribution in [0.15, 0.2) is 42.5 Å².